The first-order valence-corrected chi connectivity index (χ1v) is 10.9. The molecule has 1 aromatic heterocycles. The minimum atomic E-state index is -0.803. The van der Waals surface area contributed by atoms with Gasteiger partial charge in [-0.25, -0.2) is 9.69 Å². The topological polar surface area (TPSA) is 71.4 Å². The molecule has 0 saturated carbocycles. The molecule has 33 heavy (non-hydrogen) atoms. The molecule has 1 N–H and O–H groups in total. The molecule has 6 nitrogen and oxygen atoms in total. The smallest absolute Gasteiger partial charge is 0.318 e. The quantitative estimate of drug-likeness (QED) is 0.422. The van der Waals surface area contributed by atoms with E-state index in [0.717, 1.165) is 44.2 Å². The largest absolute Gasteiger partial charge is 0.335 e. The highest BCUT2D eigenvalue weighted by Crippen LogP contribution is 2.29. The summed E-state index contributed by atoms with van der Waals surface area (Å²) in [5, 5.41) is 2.68. The summed E-state index contributed by atoms with van der Waals surface area (Å²) in [5.41, 5.74) is 6.86. The zero-order valence-electron chi connectivity index (χ0n) is 19.1. The first-order valence-electron chi connectivity index (χ1n) is 10.5. The molecule has 0 bridgehead atoms. The lowest BCUT2D eigenvalue weighted by atomic mass is 10.1. The maximum atomic E-state index is 13.2. The van der Waals surface area contributed by atoms with Gasteiger partial charge in [0, 0.05) is 22.1 Å². The molecule has 1 fully saturated rings. The number of urea groups is 1. The Morgan fingerprint density at radius 3 is 2.27 bits per heavy atom. The fourth-order valence-corrected chi connectivity index (χ4v) is 4.21. The summed E-state index contributed by atoms with van der Waals surface area (Å²) in [6, 6.07) is 12.2. The normalized spacial score (nSPS) is 15.4. The van der Waals surface area contributed by atoms with E-state index in [9.17, 15) is 14.4 Å². The SMILES string of the molecule is Cc1ccc(C)c(-n2c(C)cc(/C=C3/C(=O)NC(=O)N(c4ccc(C)c(Cl)c4)C3=O)c2C)c1. The number of halogens is 1. The number of hydrogen-bond donors (Lipinski definition) is 1. The van der Waals surface area contributed by atoms with Gasteiger partial charge in [0.05, 0.1) is 5.69 Å². The molecule has 4 amide bonds. The summed E-state index contributed by atoms with van der Waals surface area (Å²) in [6.07, 6.45) is 1.54. The Kier molecular flexibility index (Phi) is 5.72. The first kappa shape index (κ1) is 22.6. The van der Waals surface area contributed by atoms with Gasteiger partial charge in [-0.2, -0.15) is 0 Å². The molecule has 4 rings (SSSR count). The van der Waals surface area contributed by atoms with E-state index in [1.165, 1.54) is 12.1 Å². The molecule has 0 radical (unpaired) electrons. The number of benzene rings is 2. The molecule has 0 aliphatic carbocycles. The fourth-order valence-electron chi connectivity index (χ4n) is 4.03. The van der Waals surface area contributed by atoms with Gasteiger partial charge in [-0.15, -0.1) is 0 Å². The number of aromatic nitrogens is 1. The monoisotopic (exact) mass is 461 g/mol. The number of barbiturate groups is 1. The highest BCUT2D eigenvalue weighted by Gasteiger charge is 2.37. The van der Waals surface area contributed by atoms with Crippen LogP contribution < -0.4 is 10.2 Å². The molecule has 1 aliphatic heterocycles. The number of nitrogens with zero attached hydrogens (tertiary/aromatic N) is 2. The van der Waals surface area contributed by atoms with E-state index in [4.69, 9.17) is 11.6 Å². The van der Waals surface area contributed by atoms with Gasteiger partial charge in [0.2, 0.25) is 0 Å². The Labute approximate surface area is 197 Å². The second kappa shape index (κ2) is 8.37. The Morgan fingerprint density at radius 2 is 1.58 bits per heavy atom. The van der Waals surface area contributed by atoms with Gasteiger partial charge >= 0.3 is 6.03 Å². The molecular formula is C26H24ClN3O3. The van der Waals surface area contributed by atoms with Crippen molar-refractivity contribution >= 4 is 41.2 Å². The maximum Gasteiger partial charge on any atom is 0.335 e. The second-order valence-corrected chi connectivity index (χ2v) is 8.75. The molecule has 3 aromatic rings. The number of anilines is 1. The number of rotatable bonds is 3. The Hall–Kier alpha value is -3.64. The lowest BCUT2D eigenvalue weighted by Crippen LogP contribution is -2.54. The maximum absolute atomic E-state index is 13.2. The number of nitrogens with one attached hydrogen (secondary N) is 1. The average Bonchev–Trinajstić information content (AvgIpc) is 3.02. The van der Waals surface area contributed by atoms with Crippen LogP contribution in [0.4, 0.5) is 10.5 Å². The van der Waals surface area contributed by atoms with Crippen LogP contribution in [0.25, 0.3) is 11.8 Å². The van der Waals surface area contributed by atoms with Gasteiger partial charge < -0.3 is 4.57 Å². The standard InChI is InChI=1S/C26H24ClN3O3/c1-14-6-7-16(3)23(10-14)29-17(4)11-19(18(29)5)12-21-24(31)28-26(33)30(25(21)32)20-9-8-15(2)22(27)13-20/h6-13H,1-5H3,(H,28,31,33)/b21-12-. The summed E-state index contributed by atoms with van der Waals surface area (Å²) < 4.78 is 2.10. The fraction of sp³-hybridized carbons (Fsp3) is 0.192. The lowest BCUT2D eigenvalue weighted by molar-refractivity contribution is -0.122. The van der Waals surface area contributed by atoms with Gasteiger partial charge in [0.1, 0.15) is 5.57 Å². The van der Waals surface area contributed by atoms with Crippen LogP contribution in [0.2, 0.25) is 5.02 Å². The summed E-state index contributed by atoms with van der Waals surface area (Å²) in [5.74, 6) is -1.42. The van der Waals surface area contributed by atoms with Crippen molar-refractivity contribution in [3.8, 4) is 5.69 Å². The minimum Gasteiger partial charge on any atom is -0.318 e. The predicted molar refractivity (Wildman–Crippen MR) is 130 cm³/mol. The van der Waals surface area contributed by atoms with E-state index < -0.39 is 17.8 Å². The van der Waals surface area contributed by atoms with Gasteiger partial charge in [-0.1, -0.05) is 29.8 Å². The molecule has 0 atom stereocenters. The van der Waals surface area contributed by atoms with Gasteiger partial charge in [0.25, 0.3) is 11.8 Å². The molecular weight excluding hydrogens is 438 g/mol. The van der Waals surface area contributed by atoms with Crippen LogP contribution in [0.3, 0.4) is 0 Å². The highest BCUT2D eigenvalue weighted by atomic mass is 35.5. The van der Waals surface area contributed by atoms with Crippen LogP contribution in [0.1, 0.15) is 33.6 Å². The van der Waals surface area contributed by atoms with Gasteiger partial charge in [0.15, 0.2) is 0 Å². The van der Waals surface area contributed by atoms with E-state index in [1.807, 2.05) is 40.7 Å². The molecule has 0 spiro atoms. The lowest BCUT2D eigenvalue weighted by Gasteiger charge is -2.26. The molecule has 1 saturated heterocycles. The number of imide groups is 2. The average molecular weight is 462 g/mol. The van der Waals surface area contributed by atoms with Crippen molar-refractivity contribution < 1.29 is 14.4 Å². The second-order valence-electron chi connectivity index (χ2n) is 8.34. The molecule has 1 aliphatic rings. The number of hydrogen-bond acceptors (Lipinski definition) is 3. The van der Waals surface area contributed by atoms with E-state index in [1.54, 1.807) is 12.1 Å². The summed E-state index contributed by atoms with van der Waals surface area (Å²) >= 11 is 6.19. The van der Waals surface area contributed by atoms with Crippen LogP contribution >= 0.6 is 11.6 Å². The molecule has 0 unspecified atom stereocenters. The molecule has 7 heteroatoms. The van der Waals surface area contributed by atoms with Crippen molar-refractivity contribution in [2.75, 3.05) is 4.90 Å². The Morgan fingerprint density at radius 1 is 0.879 bits per heavy atom. The first-order chi connectivity index (χ1) is 15.6. The van der Waals surface area contributed by atoms with Crippen LogP contribution in [-0.2, 0) is 9.59 Å². The van der Waals surface area contributed by atoms with Crippen molar-refractivity contribution in [1.29, 1.82) is 0 Å². The van der Waals surface area contributed by atoms with Crippen molar-refractivity contribution in [3.05, 3.63) is 86.7 Å². The van der Waals surface area contributed by atoms with E-state index in [-0.39, 0.29) is 5.57 Å². The summed E-state index contributed by atoms with van der Waals surface area (Å²) in [6.45, 7) is 9.82. The van der Waals surface area contributed by atoms with Crippen molar-refractivity contribution in [1.82, 2.24) is 9.88 Å². The van der Waals surface area contributed by atoms with E-state index >= 15 is 0 Å². The Balaban J connectivity index is 1.79. The van der Waals surface area contributed by atoms with Gasteiger partial charge in [-0.05, 0) is 87.2 Å². The van der Waals surface area contributed by atoms with Crippen molar-refractivity contribution in [3.63, 3.8) is 0 Å². The molecule has 168 valence electrons. The predicted octanol–water partition coefficient (Wildman–Crippen LogP) is 5.34. The summed E-state index contributed by atoms with van der Waals surface area (Å²) in [7, 11) is 0. The number of amides is 4. The van der Waals surface area contributed by atoms with Crippen LogP contribution in [0, 0.1) is 34.6 Å². The molecule has 2 heterocycles. The third-order valence-electron chi connectivity index (χ3n) is 5.89. The number of aryl methyl sites for hydroxylation is 4. The van der Waals surface area contributed by atoms with E-state index in [2.05, 4.69) is 28.1 Å². The number of carbonyl (C=O) groups excluding carboxylic acids is 3. The zero-order chi connectivity index (χ0) is 24.0. The van der Waals surface area contributed by atoms with Crippen LogP contribution in [-0.4, -0.2) is 22.4 Å². The highest BCUT2D eigenvalue weighted by molar-refractivity contribution is 6.39. The van der Waals surface area contributed by atoms with Crippen molar-refractivity contribution in [2.24, 2.45) is 0 Å². The van der Waals surface area contributed by atoms with Gasteiger partial charge in [-0.3, -0.25) is 14.9 Å². The third kappa shape index (κ3) is 3.98. The zero-order valence-corrected chi connectivity index (χ0v) is 19.9. The minimum absolute atomic E-state index is 0.118. The third-order valence-corrected chi connectivity index (χ3v) is 6.30. The van der Waals surface area contributed by atoms with E-state index in [0.29, 0.717) is 10.7 Å². The summed E-state index contributed by atoms with van der Waals surface area (Å²) in [4.78, 5) is 39.3. The van der Waals surface area contributed by atoms with Crippen LogP contribution in [0.15, 0.2) is 48.0 Å². The number of carbonyl (C=O) groups is 3. The van der Waals surface area contributed by atoms with Crippen molar-refractivity contribution in [2.45, 2.75) is 34.6 Å². The molecule has 2 aromatic carbocycles. The Bertz CT molecular complexity index is 1370. The van der Waals surface area contributed by atoms with Crippen LogP contribution in [0.5, 0.6) is 0 Å².